The van der Waals surface area contributed by atoms with Gasteiger partial charge in [0, 0.05) is 37.7 Å². The number of nitrogens with one attached hydrogen (secondary N) is 1. The number of Topliss-reactive ketones (excluding diaryl/α,β-unsaturated/α-hetero) is 1. The molecule has 0 aromatic heterocycles. The number of carbonyl (C=O) groups is 6. The monoisotopic (exact) mass is 867 g/mol. The number of carbonyl (C=O) groups excluding carboxylic acids is 6. The molecule has 1 saturated heterocycles. The number of esters is 4. The van der Waals surface area contributed by atoms with Crippen molar-refractivity contribution in [2.75, 3.05) is 6.61 Å². The molecule has 1 heterocycles. The molecule has 4 N–H and O–H groups in total. The SMILES string of the molecule is CC(=O)O[C@H]1C(=O)[C@@]2(C)[C@H]([C@H](OC(=O)c3ccccc3)[C@]3(O)C[C@H](OC(=O)[C@H](O)[C@@H](NC(=O)c4ccc(C)cc4)c4ccccc4)C(C)=C1C3(C)C)[C@]1(OC(C)=O)CO[C@@H]1C[C@@H]2O. The molecule has 15 heteroatoms. The molecule has 15 nitrogen and oxygen atoms in total. The van der Waals surface area contributed by atoms with E-state index in [1.165, 1.54) is 26.0 Å². The van der Waals surface area contributed by atoms with Crippen LogP contribution in [0, 0.1) is 23.7 Å². The highest BCUT2D eigenvalue weighted by Crippen LogP contribution is 2.64. The third-order valence-electron chi connectivity index (χ3n) is 13.8. The number of aliphatic hydroxyl groups excluding tert-OH is 2. The van der Waals surface area contributed by atoms with Crippen molar-refractivity contribution in [3.05, 3.63) is 118 Å². The molecular formula is C48H53NO14. The van der Waals surface area contributed by atoms with Gasteiger partial charge in [0.05, 0.1) is 35.6 Å². The van der Waals surface area contributed by atoms with Crippen LogP contribution in [0.4, 0.5) is 0 Å². The van der Waals surface area contributed by atoms with Gasteiger partial charge in [0.15, 0.2) is 23.6 Å². The first kappa shape index (κ1) is 45.3. The number of aliphatic hydroxyl groups is 3. The topological polar surface area (TPSA) is 221 Å². The van der Waals surface area contributed by atoms with Crippen LogP contribution < -0.4 is 5.32 Å². The summed E-state index contributed by atoms with van der Waals surface area (Å²) in [6, 6.07) is 21.5. The van der Waals surface area contributed by atoms with E-state index in [2.05, 4.69) is 5.32 Å². The van der Waals surface area contributed by atoms with Crippen molar-refractivity contribution in [1.29, 1.82) is 0 Å². The summed E-state index contributed by atoms with van der Waals surface area (Å²) >= 11 is 0. The highest BCUT2D eigenvalue weighted by Gasteiger charge is 2.78. The molecule has 11 atom stereocenters. The molecule has 0 spiro atoms. The van der Waals surface area contributed by atoms with E-state index in [1.54, 1.807) is 86.6 Å². The van der Waals surface area contributed by atoms with Crippen molar-refractivity contribution in [2.45, 2.75) is 115 Å². The van der Waals surface area contributed by atoms with Gasteiger partial charge in [0.25, 0.3) is 5.91 Å². The summed E-state index contributed by atoms with van der Waals surface area (Å²) in [5.74, 6) is -6.84. The first-order chi connectivity index (χ1) is 29.7. The zero-order valence-corrected chi connectivity index (χ0v) is 36.2. The fourth-order valence-electron chi connectivity index (χ4n) is 10.3. The van der Waals surface area contributed by atoms with Crippen LogP contribution in [0.2, 0.25) is 0 Å². The number of amides is 1. The Morgan fingerprint density at radius 1 is 0.825 bits per heavy atom. The number of fused-ring (bicyclic) bond motifs is 5. The molecule has 3 fully saturated rings. The maximum absolute atomic E-state index is 15.5. The Morgan fingerprint density at radius 2 is 1.44 bits per heavy atom. The molecule has 63 heavy (non-hydrogen) atoms. The van der Waals surface area contributed by atoms with Crippen molar-refractivity contribution in [3.8, 4) is 0 Å². The Balaban J connectivity index is 1.38. The lowest BCUT2D eigenvalue weighted by Crippen LogP contribution is -2.82. The second-order valence-electron chi connectivity index (χ2n) is 17.9. The molecule has 0 radical (unpaired) electrons. The average molecular weight is 868 g/mol. The van der Waals surface area contributed by atoms with Crippen molar-refractivity contribution in [2.24, 2.45) is 16.7 Å². The van der Waals surface area contributed by atoms with E-state index in [0.717, 1.165) is 19.4 Å². The van der Waals surface area contributed by atoms with E-state index in [1.807, 2.05) is 6.92 Å². The number of aryl methyl sites for hydroxylation is 1. The minimum Gasteiger partial charge on any atom is -0.456 e. The zero-order chi connectivity index (χ0) is 45.8. The van der Waals surface area contributed by atoms with Crippen molar-refractivity contribution in [3.63, 3.8) is 0 Å². The van der Waals surface area contributed by atoms with E-state index in [-0.39, 0.29) is 35.3 Å². The molecule has 2 bridgehead atoms. The van der Waals surface area contributed by atoms with Crippen LogP contribution in [0.5, 0.6) is 0 Å². The lowest BCUT2D eigenvalue weighted by molar-refractivity contribution is -0.346. The molecule has 1 amide bonds. The number of hydrogen-bond donors (Lipinski definition) is 4. The normalized spacial score (nSPS) is 31.6. The Kier molecular flexibility index (Phi) is 12.0. The predicted molar refractivity (Wildman–Crippen MR) is 222 cm³/mol. The smallest absolute Gasteiger partial charge is 0.338 e. The number of rotatable bonds is 10. The quantitative estimate of drug-likeness (QED) is 0.128. The van der Waals surface area contributed by atoms with Gasteiger partial charge in [-0.3, -0.25) is 19.2 Å². The minimum atomic E-state index is -2.39. The number of benzene rings is 3. The van der Waals surface area contributed by atoms with Gasteiger partial charge in [-0.25, -0.2) is 9.59 Å². The number of ketones is 1. The van der Waals surface area contributed by atoms with Crippen LogP contribution in [0.1, 0.15) is 92.3 Å². The fraction of sp³-hybridized carbons (Fsp3) is 0.458. The minimum absolute atomic E-state index is 0.00261. The molecule has 1 aliphatic heterocycles. The zero-order valence-electron chi connectivity index (χ0n) is 36.2. The third kappa shape index (κ3) is 7.64. The Morgan fingerprint density at radius 3 is 2.02 bits per heavy atom. The van der Waals surface area contributed by atoms with Gasteiger partial charge in [-0.2, -0.15) is 0 Å². The molecule has 3 aliphatic carbocycles. The summed E-state index contributed by atoms with van der Waals surface area (Å²) in [7, 11) is 0. The van der Waals surface area contributed by atoms with Crippen molar-refractivity contribution in [1.82, 2.24) is 5.32 Å². The average Bonchev–Trinajstić information content (AvgIpc) is 3.24. The Bertz CT molecular complexity index is 2330. The summed E-state index contributed by atoms with van der Waals surface area (Å²) in [6.45, 7) is 9.84. The lowest BCUT2D eigenvalue weighted by atomic mass is 9.44. The van der Waals surface area contributed by atoms with Gasteiger partial charge in [-0.15, -0.1) is 0 Å². The summed E-state index contributed by atoms with van der Waals surface area (Å²) in [5, 5.41) is 40.3. The molecule has 0 unspecified atom stereocenters. The second kappa shape index (κ2) is 16.8. The number of ether oxygens (including phenoxy) is 5. The molecule has 2 saturated carbocycles. The Hall–Kier alpha value is -5.74. The lowest BCUT2D eigenvalue weighted by Gasteiger charge is -2.67. The number of hydrogen-bond acceptors (Lipinski definition) is 14. The highest BCUT2D eigenvalue weighted by molar-refractivity contribution is 5.96. The maximum atomic E-state index is 15.5. The van der Waals surface area contributed by atoms with Crippen molar-refractivity contribution >= 4 is 35.6 Å². The van der Waals surface area contributed by atoms with Crippen LogP contribution in [-0.2, 0) is 42.9 Å². The highest BCUT2D eigenvalue weighted by atomic mass is 16.6. The van der Waals surface area contributed by atoms with E-state index < -0.39 is 113 Å². The largest absolute Gasteiger partial charge is 0.456 e. The summed E-state index contributed by atoms with van der Waals surface area (Å²) in [5.41, 5.74) is -6.10. The van der Waals surface area contributed by atoms with Crippen LogP contribution in [0.25, 0.3) is 0 Å². The molecule has 3 aromatic carbocycles. The van der Waals surface area contributed by atoms with Crippen LogP contribution in [0.15, 0.2) is 96.1 Å². The standard InChI is InChI=1S/C48H53NO14/c1-25-18-20-30(21-19-25)42(55)49-36(29-14-10-8-11-15-29)37(53)44(57)61-32-23-48(58)41(62-43(56)31-16-12-9-13-17-31)39-46(7,33(52)22-34-47(39,24-59-34)63-28(4)51)40(54)38(60-27(3)50)35(26(32)2)45(48,5)6/h8-21,32-34,36-39,41,52-53,58H,22-24H2,1-7H3,(H,49,55)/t32-,33-,34+,36-,37+,38+,39-,41-,46+,47-,48+/m0/s1. The van der Waals surface area contributed by atoms with Gasteiger partial charge in [0.1, 0.15) is 23.9 Å². The first-order valence-corrected chi connectivity index (χ1v) is 20.9. The van der Waals surface area contributed by atoms with Crippen LogP contribution in [-0.4, -0.2) is 105 Å². The molecule has 3 aromatic rings. The van der Waals surface area contributed by atoms with Gasteiger partial charge in [0.2, 0.25) is 0 Å². The molecular weight excluding hydrogens is 815 g/mol. The summed E-state index contributed by atoms with van der Waals surface area (Å²) < 4.78 is 30.3. The summed E-state index contributed by atoms with van der Waals surface area (Å²) in [6.07, 6.45) is -10.5. The van der Waals surface area contributed by atoms with E-state index >= 15 is 4.79 Å². The predicted octanol–water partition coefficient (Wildman–Crippen LogP) is 4.04. The van der Waals surface area contributed by atoms with Gasteiger partial charge < -0.3 is 44.3 Å². The molecule has 4 aliphatic rings. The van der Waals surface area contributed by atoms with E-state index in [0.29, 0.717) is 5.56 Å². The fourth-order valence-corrected chi connectivity index (χ4v) is 10.3. The molecule has 334 valence electrons. The Labute approximate surface area is 364 Å². The van der Waals surface area contributed by atoms with E-state index in [9.17, 15) is 39.3 Å². The maximum Gasteiger partial charge on any atom is 0.338 e. The second-order valence-corrected chi connectivity index (χ2v) is 17.9. The van der Waals surface area contributed by atoms with Crippen molar-refractivity contribution < 1.29 is 67.8 Å². The van der Waals surface area contributed by atoms with Crippen LogP contribution in [0.3, 0.4) is 0 Å². The first-order valence-electron chi connectivity index (χ1n) is 20.9. The van der Waals surface area contributed by atoms with Gasteiger partial charge >= 0.3 is 23.9 Å². The third-order valence-corrected chi connectivity index (χ3v) is 13.8. The van der Waals surface area contributed by atoms with Gasteiger partial charge in [-0.1, -0.05) is 80.1 Å². The van der Waals surface area contributed by atoms with Gasteiger partial charge in [-0.05, 0) is 61.7 Å². The summed E-state index contributed by atoms with van der Waals surface area (Å²) in [4.78, 5) is 83.7. The van der Waals surface area contributed by atoms with Crippen LogP contribution >= 0.6 is 0 Å². The van der Waals surface area contributed by atoms with E-state index in [4.69, 9.17) is 23.7 Å². The molecule has 7 rings (SSSR count).